The summed E-state index contributed by atoms with van der Waals surface area (Å²) in [5.41, 5.74) is 1.60. The van der Waals surface area contributed by atoms with Gasteiger partial charge in [0.25, 0.3) is 5.91 Å². The van der Waals surface area contributed by atoms with E-state index in [0.29, 0.717) is 36.0 Å². The van der Waals surface area contributed by atoms with Crippen LogP contribution < -0.4 is 10.6 Å². The molecular formula is C18H16N6O3. The van der Waals surface area contributed by atoms with Crippen LogP contribution in [0.15, 0.2) is 55.1 Å². The Kier molecular flexibility index (Phi) is 5.63. The summed E-state index contributed by atoms with van der Waals surface area (Å²) in [6, 6.07) is 7.77. The Morgan fingerprint density at radius 3 is 2.41 bits per heavy atom. The minimum atomic E-state index is -1.03. The summed E-state index contributed by atoms with van der Waals surface area (Å²) in [4.78, 5) is 39.4. The maximum Gasteiger partial charge on any atom is 0.335 e. The Bertz CT molecular complexity index is 949. The minimum Gasteiger partial charge on any atom is -0.478 e. The van der Waals surface area contributed by atoms with Crippen LogP contribution in [0.4, 0.5) is 5.95 Å². The number of carbonyl (C=O) groups is 2. The van der Waals surface area contributed by atoms with Gasteiger partial charge in [0.2, 0.25) is 5.95 Å². The van der Waals surface area contributed by atoms with E-state index in [1.807, 2.05) is 0 Å². The van der Waals surface area contributed by atoms with Gasteiger partial charge in [-0.25, -0.2) is 14.8 Å². The fourth-order valence-electron chi connectivity index (χ4n) is 2.25. The van der Waals surface area contributed by atoms with Crippen LogP contribution in [-0.2, 0) is 0 Å². The number of nitrogens with one attached hydrogen (secondary N) is 2. The van der Waals surface area contributed by atoms with Gasteiger partial charge in [-0.3, -0.25) is 14.8 Å². The normalized spacial score (nSPS) is 10.2. The molecule has 0 saturated carbocycles. The van der Waals surface area contributed by atoms with E-state index in [1.54, 1.807) is 36.8 Å². The Labute approximate surface area is 154 Å². The van der Waals surface area contributed by atoms with E-state index < -0.39 is 5.97 Å². The summed E-state index contributed by atoms with van der Waals surface area (Å²) in [6.07, 6.45) is 6.08. The number of aromatic nitrogens is 4. The van der Waals surface area contributed by atoms with Gasteiger partial charge in [-0.2, -0.15) is 0 Å². The second-order valence-electron chi connectivity index (χ2n) is 5.42. The van der Waals surface area contributed by atoms with Crippen molar-refractivity contribution >= 4 is 17.8 Å². The van der Waals surface area contributed by atoms with Gasteiger partial charge >= 0.3 is 5.97 Å². The molecule has 9 heteroatoms. The number of amides is 1. The molecule has 0 spiro atoms. The lowest BCUT2D eigenvalue weighted by Gasteiger charge is -2.08. The summed E-state index contributed by atoms with van der Waals surface area (Å²) in [6.45, 7) is 0.796. The lowest BCUT2D eigenvalue weighted by Crippen LogP contribution is -2.29. The molecule has 0 atom stereocenters. The molecule has 0 aliphatic carbocycles. The maximum absolute atomic E-state index is 11.9. The van der Waals surface area contributed by atoms with E-state index in [0.717, 1.165) is 0 Å². The molecule has 0 bridgehead atoms. The Balaban J connectivity index is 1.57. The van der Waals surface area contributed by atoms with E-state index in [-0.39, 0.29) is 11.5 Å². The van der Waals surface area contributed by atoms with Crippen LogP contribution in [0.1, 0.15) is 20.7 Å². The summed E-state index contributed by atoms with van der Waals surface area (Å²) in [5.74, 6) is -0.868. The lowest BCUT2D eigenvalue weighted by atomic mass is 10.2. The average Bonchev–Trinajstić information content (AvgIpc) is 2.72. The molecule has 0 unspecified atom stereocenters. The van der Waals surface area contributed by atoms with Crippen LogP contribution in [0.3, 0.4) is 0 Å². The molecule has 3 aromatic rings. The Morgan fingerprint density at radius 2 is 1.63 bits per heavy atom. The predicted molar refractivity (Wildman–Crippen MR) is 97.3 cm³/mol. The molecule has 1 amide bonds. The molecule has 136 valence electrons. The quantitative estimate of drug-likeness (QED) is 0.537. The van der Waals surface area contributed by atoms with Gasteiger partial charge in [0, 0.05) is 43.4 Å². The summed E-state index contributed by atoms with van der Waals surface area (Å²) in [7, 11) is 0. The van der Waals surface area contributed by atoms with E-state index in [9.17, 15) is 9.59 Å². The highest BCUT2D eigenvalue weighted by atomic mass is 16.4. The molecule has 3 heterocycles. The summed E-state index contributed by atoms with van der Waals surface area (Å²) < 4.78 is 0. The van der Waals surface area contributed by atoms with E-state index in [1.165, 1.54) is 18.3 Å². The van der Waals surface area contributed by atoms with E-state index in [4.69, 9.17) is 5.11 Å². The molecule has 0 fully saturated rings. The zero-order valence-electron chi connectivity index (χ0n) is 14.2. The van der Waals surface area contributed by atoms with Crippen LogP contribution >= 0.6 is 0 Å². The number of carboxylic acids is 1. The van der Waals surface area contributed by atoms with Crippen molar-refractivity contribution in [3.63, 3.8) is 0 Å². The molecule has 0 radical (unpaired) electrons. The minimum absolute atomic E-state index is 0.131. The molecule has 9 nitrogen and oxygen atoms in total. The largest absolute Gasteiger partial charge is 0.478 e. The third kappa shape index (κ3) is 4.82. The smallest absolute Gasteiger partial charge is 0.335 e. The van der Waals surface area contributed by atoms with Gasteiger partial charge in [-0.05, 0) is 30.3 Å². The van der Waals surface area contributed by atoms with Gasteiger partial charge in [-0.15, -0.1) is 0 Å². The SMILES string of the molecule is O=C(O)c1ccnc(-c2ccnc(NCCNC(=O)c3ccncc3)n2)c1. The van der Waals surface area contributed by atoms with E-state index >= 15 is 0 Å². The van der Waals surface area contributed by atoms with Crippen molar-refractivity contribution < 1.29 is 14.7 Å². The van der Waals surface area contributed by atoms with Crippen LogP contribution in [0.2, 0.25) is 0 Å². The molecule has 0 aliphatic heterocycles. The number of hydrogen-bond acceptors (Lipinski definition) is 7. The fraction of sp³-hybridized carbons (Fsp3) is 0.111. The molecular weight excluding hydrogens is 348 g/mol. The van der Waals surface area contributed by atoms with Crippen molar-refractivity contribution in [3.05, 3.63) is 66.2 Å². The topological polar surface area (TPSA) is 130 Å². The van der Waals surface area contributed by atoms with Gasteiger partial charge in [0.15, 0.2) is 0 Å². The number of hydrogen-bond donors (Lipinski definition) is 3. The number of rotatable bonds is 7. The highest BCUT2D eigenvalue weighted by Crippen LogP contribution is 2.16. The third-order valence-corrected chi connectivity index (χ3v) is 3.56. The van der Waals surface area contributed by atoms with Crippen LogP contribution in [0, 0.1) is 0 Å². The van der Waals surface area contributed by atoms with Crippen molar-refractivity contribution in [1.82, 2.24) is 25.3 Å². The molecule has 3 aromatic heterocycles. The van der Waals surface area contributed by atoms with Crippen molar-refractivity contribution in [2.24, 2.45) is 0 Å². The third-order valence-electron chi connectivity index (χ3n) is 3.56. The molecule has 27 heavy (non-hydrogen) atoms. The first-order chi connectivity index (χ1) is 13.1. The zero-order valence-corrected chi connectivity index (χ0v) is 14.2. The second-order valence-corrected chi connectivity index (χ2v) is 5.42. The predicted octanol–water partition coefficient (Wildman–Crippen LogP) is 1.47. The maximum atomic E-state index is 11.9. The van der Waals surface area contributed by atoms with Crippen LogP contribution in [0.5, 0.6) is 0 Å². The first kappa shape index (κ1) is 17.9. The first-order valence-corrected chi connectivity index (χ1v) is 8.08. The van der Waals surface area contributed by atoms with Gasteiger partial charge in [0.1, 0.15) is 0 Å². The molecule has 3 rings (SSSR count). The Hall–Kier alpha value is -3.88. The molecule has 0 aromatic carbocycles. The zero-order chi connectivity index (χ0) is 19.1. The van der Waals surface area contributed by atoms with Crippen LogP contribution in [-0.4, -0.2) is 50.0 Å². The van der Waals surface area contributed by atoms with Gasteiger partial charge in [-0.1, -0.05) is 0 Å². The van der Waals surface area contributed by atoms with Crippen molar-refractivity contribution in [2.45, 2.75) is 0 Å². The summed E-state index contributed by atoms with van der Waals surface area (Å²) >= 11 is 0. The first-order valence-electron chi connectivity index (χ1n) is 8.08. The van der Waals surface area contributed by atoms with Crippen molar-refractivity contribution in [1.29, 1.82) is 0 Å². The molecule has 0 saturated heterocycles. The fourth-order valence-corrected chi connectivity index (χ4v) is 2.25. The number of nitrogens with zero attached hydrogens (tertiary/aromatic N) is 4. The standard InChI is InChI=1S/C18H16N6O3/c25-16(12-1-5-19-6-2-12)21-9-10-23-18-22-8-4-14(24-18)15-11-13(17(26)27)3-7-20-15/h1-8,11H,9-10H2,(H,21,25)(H,26,27)(H,22,23,24). The Morgan fingerprint density at radius 1 is 0.889 bits per heavy atom. The van der Waals surface area contributed by atoms with E-state index in [2.05, 4.69) is 30.6 Å². The number of aromatic carboxylic acids is 1. The molecule has 0 aliphatic rings. The number of anilines is 1. The monoisotopic (exact) mass is 364 g/mol. The summed E-state index contributed by atoms with van der Waals surface area (Å²) in [5, 5.41) is 14.8. The number of pyridine rings is 2. The highest BCUT2D eigenvalue weighted by molar-refractivity contribution is 5.94. The number of carboxylic acid groups (broad SMARTS) is 1. The average molecular weight is 364 g/mol. The second kappa shape index (κ2) is 8.48. The highest BCUT2D eigenvalue weighted by Gasteiger charge is 2.08. The van der Waals surface area contributed by atoms with Crippen molar-refractivity contribution in [2.75, 3.05) is 18.4 Å². The van der Waals surface area contributed by atoms with Gasteiger partial charge < -0.3 is 15.7 Å². The van der Waals surface area contributed by atoms with Gasteiger partial charge in [0.05, 0.1) is 17.0 Å². The molecule has 3 N–H and O–H groups in total. The number of carbonyl (C=O) groups excluding carboxylic acids is 1. The van der Waals surface area contributed by atoms with Crippen molar-refractivity contribution in [3.8, 4) is 11.4 Å². The van der Waals surface area contributed by atoms with Crippen LogP contribution in [0.25, 0.3) is 11.4 Å². The lowest BCUT2D eigenvalue weighted by molar-refractivity contribution is 0.0696.